The third kappa shape index (κ3) is 4.41. The lowest BCUT2D eigenvalue weighted by atomic mass is 9.96. The van der Waals surface area contributed by atoms with E-state index in [1.807, 2.05) is 18.2 Å². The number of fused-ring (bicyclic) bond motifs is 1. The molecule has 1 fully saturated rings. The largest absolute Gasteiger partial charge is 0.356 e. The summed E-state index contributed by atoms with van der Waals surface area (Å²) in [6.07, 6.45) is 3.28. The highest BCUT2D eigenvalue weighted by molar-refractivity contribution is 6.00. The number of carbonyl (C=O) groups is 1. The van der Waals surface area contributed by atoms with Gasteiger partial charge >= 0.3 is 0 Å². The van der Waals surface area contributed by atoms with Crippen LogP contribution in [0, 0.1) is 5.82 Å². The number of rotatable bonds is 5. The maximum atomic E-state index is 15.2. The van der Waals surface area contributed by atoms with E-state index in [9.17, 15) is 4.79 Å². The molecule has 0 bridgehead atoms. The lowest BCUT2D eigenvalue weighted by Crippen LogP contribution is -2.33. The molecule has 9 heteroatoms. The van der Waals surface area contributed by atoms with Crippen LogP contribution in [0.15, 0.2) is 47.2 Å². The van der Waals surface area contributed by atoms with Gasteiger partial charge in [-0.05, 0) is 31.0 Å². The Bertz CT molecular complexity index is 1410. The van der Waals surface area contributed by atoms with Gasteiger partial charge in [-0.2, -0.15) is 4.98 Å². The molecule has 0 N–H and O–H groups in total. The number of benzene rings is 2. The molecule has 0 atom stereocenters. The summed E-state index contributed by atoms with van der Waals surface area (Å²) in [6.45, 7) is 5.68. The number of hydrogen-bond donors (Lipinski definition) is 0. The Labute approximate surface area is 209 Å². The van der Waals surface area contributed by atoms with Crippen molar-refractivity contribution in [3.05, 3.63) is 65.8 Å². The van der Waals surface area contributed by atoms with Crippen molar-refractivity contribution in [1.29, 1.82) is 0 Å². The van der Waals surface area contributed by atoms with Gasteiger partial charge in [-0.15, -0.1) is 0 Å². The summed E-state index contributed by atoms with van der Waals surface area (Å²) in [5.74, 6) is 2.03. The number of piperidine rings is 1. The third-order valence-electron chi connectivity index (χ3n) is 6.67. The predicted octanol–water partition coefficient (Wildman–Crippen LogP) is 5.03. The molecule has 0 spiro atoms. The van der Waals surface area contributed by atoms with E-state index in [0.717, 1.165) is 43.0 Å². The number of anilines is 1. The average molecular weight is 489 g/mol. The summed E-state index contributed by atoms with van der Waals surface area (Å²) in [5, 5.41) is 4.97. The van der Waals surface area contributed by atoms with Gasteiger partial charge in [-0.1, -0.05) is 37.2 Å². The SMILES string of the molecule is CC(C)c1noc(C2CCN(c3ncnc4c(-c5ccc(C(=O)N(C)C)cc5F)cccc34)CC2)n1. The molecule has 8 nitrogen and oxygen atoms in total. The van der Waals surface area contributed by atoms with Crippen LogP contribution in [0.4, 0.5) is 10.2 Å². The average Bonchev–Trinajstić information content (AvgIpc) is 3.38. The smallest absolute Gasteiger partial charge is 0.253 e. The molecular formula is C27H29FN6O2. The summed E-state index contributed by atoms with van der Waals surface area (Å²) in [7, 11) is 3.29. The minimum atomic E-state index is -0.462. The van der Waals surface area contributed by atoms with Crippen molar-refractivity contribution >= 4 is 22.6 Å². The number of para-hydroxylation sites is 1. The highest BCUT2D eigenvalue weighted by Crippen LogP contribution is 2.35. The van der Waals surface area contributed by atoms with Gasteiger partial charge in [0, 0.05) is 61.1 Å². The quantitative estimate of drug-likeness (QED) is 0.389. The third-order valence-corrected chi connectivity index (χ3v) is 6.67. The highest BCUT2D eigenvalue weighted by Gasteiger charge is 2.27. The van der Waals surface area contributed by atoms with Crippen LogP contribution in [0.25, 0.3) is 22.0 Å². The van der Waals surface area contributed by atoms with E-state index in [-0.39, 0.29) is 17.7 Å². The second-order valence-electron chi connectivity index (χ2n) is 9.70. The Morgan fingerprint density at radius 2 is 1.89 bits per heavy atom. The van der Waals surface area contributed by atoms with E-state index >= 15 is 4.39 Å². The molecule has 2 aromatic carbocycles. The van der Waals surface area contributed by atoms with Crippen LogP contribution in [0.5, 0.6) is 0 Å². The maximum absolute atomic E-state index is 15.2. The van der Waals surface area contributed by atoms with Crippen LogP contribution in [0.3, 0.4) is 0 Å². The molecule has 5 rings (SSSR count). The van der Waals surface area contributed by atoms with Crippen LogP contribution in [-0.2, 0) is 0 Å². The molecule has 1 aliphatic heterocycles. The number of halogens is 1. The Kier molecular flexibility index (Phi) is 6.38. The second kappa shape index (κ2) is 9.64. The molecular weight excluding hydrogens is 459 g/mol. The Balaban J connectivity index is 1.42. The van der Waals surface area contributed by atoms with E-state index in [0.29, 0.717) is 28.1 Å². The van der Waals surface area contributed by atoms with Gasteiger partial charge in [0.05, 0.1) is 5.52 Å². The molecule has 3 heterocycles. The van der Waals surface area contributed by atoms with E-state index in [1.54, 1.807) is 26.2 Å². The van der Waals surface area contributed by atoms with Crippen molar-refractivity contribution < 1.29 is 13.7 Å². The Morgan fingerprint density at radius 3 is 2.56 bits per heavy atom. The number of nitrogens with zero attached hydrogens (tertiary/aromatic N) is 6. The van der Waals surface area contributed by atoms with Crippen LogP contribution >= 0.6 is 0 Å². The molecule has 0 unspecified atom stereocenters. The standard InChI is InChI=1S/C27H29FN6O2/c1-16(2)24-31-26(36-32-24)17-10-12-34(13-11-17)25-21-7-5-6-20(23(21)29-15-30-25)19-9-8-18(14-22(19)28)27(35)33(3)4/h5-9,14-17H,10-13H2,1-4H3. The zero-order valence-electron chi connectivity index (χ0n) is 20.9. The molecule has 1 amide bonds. The van der Waals surface area contributed by atoms with E-state index in [2.05, 4.69) is 38.9 Å². The molecule has 1 saturated heterocycles. The Hall–Kier alpha value is -3.88. The molecule has 1 aliphatic rings. The molecule has 0 radical (unpaired) electrons. The van der Waals surface area contributed by atoms with Crippen LogP contribution in [0.1, 0.15) is 60.6 Å². The minimum Gasteiger partial charge on any atom is -0.356 e. The lowest BCUT2D eigenvalue weighted by Gasteiger charge is -2.32. The van der Waals surface area contributed by atoms with Gasteiger partial charge in [0.25, 0.3) is 5.91 Å². The van der Waals surface area contributed by atoms with Crippen molar-refractivity contribution in [2.24, 2.45) is 0 Å². The molecule has 36 heavy (non-hydrogen) atoms. The fourth-order valence-electron chi connectivity index (χ4n) is 4.65. The topological polar surface area (TPSA) is 88.2 Å². The first kappa shape index (κ1) is 23.8. The van der Waals surface area contributed by atoms with Crippen molar-refractivity contribution in [3.63, 3.8) is 0 Å². The fraction of sp³-hybridized carbons (Fsp3) is 0.370. The lowest BCUT2D eigenvalue weighted by molar-refractivity contribution is 0.0827. The van der Waals surface area contributed by atoms with Crippen molar-refractivity contribution in [3.8, 4) is 11.1 Å². The van der Waals surface area contributed by atoms with Gasteiger partial charge in [-0.3, -0.25) is 4.79 Å². The zero-order valence-corrected chi connectivity index (χ0v) is 20.9. The summed E-state index contributed by atoms with van der Waals surface area (Å²) in [6, 6.07) is 10.3. The second-order valence-corrected chi connectivity index (χ2v) is 9.70. The predicted molar refractivity (Wildman–Crippen MR) is 136 cm³/mol. The van der Waals surface area contributed by atoms with E-state index in [4.69, 9.17) is 4.52 Å². The number of aromatic nitrogens is 4. The number of hydrogen-bond acceptors (Lipinski definition) is 7. The number of amides is 1. The molecule has 0 saturated carbocycles. The zero-order chi connectivity index (χ0) is 25.4. The van der Waals surface area contributed by atoms with E-state index in [1.165, 1.54) is 17.3 Å². The van der Waals surface area contributed by atoms with Gasteiger partial charge in [0.15, 0.2) is 5.82 Å². The summed E-state index contributed by atoms with van der Waals surface area (Å²) < 4.78 is 20.7. The van der Waals surface area contributed by atoms with Gasteiger partial charge < -0.3 is 14.3 Å². The molecule has 4 aromatic rings. The first-order valence-electron chi connectivity index (χ1n) is 12.2. The minimum absolute atomic E-state index is 0.224. The first-order valence-corrected chi connectivity index (χ1v) is 12.2. The van der Waals surface area contributed by atoms with Crippen molar-refractivity contribution in [1.82, 2.24) is 25.0 Å². The Morgan fingerprint density at radius 1 is 1.11 bits per heavy atom. The monoisotopic (exact) mass is 488 g/mol. The molecule has 186 valence electrons. The molecule has 2 aromatic heterocycles. The van der Waals surface area contributed by atoms with Gasteiger partial charge in [-0.25, -0.2) is 14.4 Å². The molecule has 0 aliphatic carbocycles. The van der Waals surface area contributed by atoms with Gasteiger partial charge in [0.1, 0.15) is 18.0 Å². The fourth-order valence-corrected chi connectivity index (χ4v) is 4.65. The van der Waals surface area contributed by atoms with Crippen molar-refractivity contribution in [2.75, 3.05) is 32.1 Å². The number of carbonyl (C=O) groups excluding carboxylic acids is 1. The first-order chi connectivity index (χ1) is 17.3. The van der Waals surface area contributed by atoms with Crippen LogP contribution in [-0.4, -0.2) is 58.1 Å². The summed E-state index contributed by atoms with van der Waals surface area (Å²) in [4.78, 5) is 29.6. The normalized spacial score (nSPS) is 14.6. The van der Waals surface area contributed by atoms with Crippen LogP contribution < -0.4 is 4.90 Å². The highest BCUT2D eigenvalue weighted by atomic mass is 19.1. The van der Waals surface area contributed by atoms with Crippen molar-refractivity contribution in [2.45, 2.75) is 38.5 Å². The summed E-state index contributed by atoms with van der Waals surface area (Å²) >= 11 is 0. The maximum Gasteiger partial charge on any atom is 0.253 e. The van der Waals surface area contributed by atoms with Gasteiger partial charge in [0.2, 0.25) is 5.89 Å². The van der Waals surface area contributed by atoms with Crippen LogP contribution in [0.2, 0.25) is 0 Å². The summed E-state index contributed by atoms with van der Waals surface area (Å²) in [5.41, 5.74) is 2.05. The van der Waals surface area contributed by atoms with E-state index < -0.39 is 5.82 Å².